The van der Waals surface area contributed by atoms with Crippen molar-refractivity contribution in [2.45, 2.75) is 20.4 Å². The van der Waals surface area contributed by atoms with Gasteiger partial charge in [0, 0.05) is 22.0 Å². The van der Waals surface area contributed by atoms with Crippen LogP contribution in [0.3, 0.4) is 0 Å². The number of hydrogen-bond donors (Lipinski definition) is 1. The minimum Gasteiger partial charge on any atom is -0.381 e. The molecule has 16 heavy (non-hydrogen) atoms. The highest BCUT2D eigenvalue weighted by atomic mass is 32.1. The summed E-state index contributed by atoms with van der Waals surface area (Å²) in [4.78, 5) is 2.63. The molecule has 1 nitrogen and oxygen atoms in total. The lowest BCUT2D eigenvalue weighted by atomic mass is 10.2. The summed E-state index contributed by atoms with van der Waals surface area (Å²) >= 11 is 1.79. The molecule has 0 saturated heterocycles. The van der Waals surface area contributed by atoms with Crippen LogP contribution in [0.2, 0.25) is 0 Å². The zero-order chi connectivity index (χ0) is 11.5. The largest absolute Gasteiger partial charge is 0.381 e. The molecule has 0 unspecified atom stereocenters. The quantitative estimate of drug-likeness (QED) is 0.844. The molecule has 0 radical (unpaired) electrons. The lowest BCUT2D eigenvalue weighted by Crippen LogP contribution is -1.99. The number of benzene rings is 1. The van der Waals surface area contributed by atoms with Crippen LogP contribution in [0.25, 0.3) is 0 Å². The van der Waals surface area contributed by atoms with Crippen molar-refractivity contribution in [3.63, 3.8) is 0 Å². The van der Waals surface area contributed by atoms with Crippen molar-refractivity contribution in [2.75, 3.05) is 5.32 Å². The Balaban J connectivity index is 2.05. The summed E-state index contributed by atoms with van der Waals surface area (Å²) in [5, 5.41) is 3.22. The third-order valence-corrected chi connectivity index (χ3v) is 3.46. The van der Waals surface area contributed by atoms with E-state index < -0.39 is 0 Å². The second kappa shape index (κ2) is 4.66. The Morgan fingerprint density at radius 2 is 2.06 bits per heavy atom. The topological polar surface area (TPSA) is 12.0 Å². The number of hydrogen-bond acceptors (Lipinski definition) is 2. The first-order chi connectivity index (χ1) is 7.65. The Hall–Kier alpha value is -1.35. The fourth-order valence-corrected chi connectivity index (χ4v) is 2.60. The highest BCUT2D eigenvalue weighted by Gasteiger charge is 2.02. The Bertz CT molecular complexity index is 490. The molecule has 1 heterocycles. The number of nitrogens with one attached hydrogen (secondary N) is 1. The first-order valence-electron chi connectivity index (χ1n) is 5.20. The summed E-state index contributed by atoms with van der Waals surface area (Å²) in [6.45, 7) is 4.96. The van der Waals surface area contributed by atoms with Crippen LogP contribution in [0, 0.1) is 19.7 Å². The van der Waals surface area contributed by atoms with E-state index in [4.69, 9.17) is 0 Å². The number of halogens is 1. The van der Waals surface area contributed by atoms with Crippen molar-refractivity contribution in [2.24, 2.45) is 0 Å². The molecule has 1 aromatic carbocycles. The van der Waals surface area contributed by atoms with E-state index in [1.54, 1.807) is 17.4 Å². The molecule has 0 fully saturated rings. The monoisotopic (exact) mass is 235 g/mol. The molecule has 0 amide bonds. The van der Waals surface area contributed by atoms with Gasteiger partial charge >= 0.3 is 0 Å². The summed E-state index contributed by atoms with van der Waals surface area (Å²) in [5.41, 5.74) is 2.11. The molecule has 2 rings (SSSR count). The van der Waals surface area contributed by atoms with Gasteiger partial charge in [0.25, 0.3) is 0 Å². The van der Waals surface area contributed by atoms with E-state index in [9.17, 15) is 4.39 Å². The third-order valence-electron chi connectivity index (χ3n) is 2.45. The Morgan fingerprint density at radius 3 is 2.69 bits per heavy atom. The van der Waals surface area contributed by atoms with E-state index in [1.165, 1.54) is 27.5 Å². The molecule has 84 valence electrons. The van der Waals surface area contributed by atoms with E-state index >= 15 is 0 Å². The summed E-state index contributed by atoms with van der Waals surface area (Å²) < 4.78 is 12.9. The molecule has 2 aromatic rings. The van der Waals surface area contributed by atoms with Crippen LogP contribution >= 0.6 is 11.3 Å². The molecule has 0 bridgehead atoms. The number of aryl methyl sites for hydroxylation is 2. The van der Waals surface area contributed by atoms with Gasteiger partial charge in [-0.05, 0) is 43.7 Å². The van der Waals surface area contributed by atoms with Crippen molar-refractivity contribution in [3.8, 4) is 0 Å². The van der Waals surface area contributed by atoms with E-state index in [0.29, 0.717) is 0 Å². The van der Waals surface area contributed by atoms with E-state index in [0.717, 1.165) is 12.2 Å². The number of thiophene rings is 1. The molecular formula is C13H14FNS. The molecular weight excluding hydrogens is 221 g/mol. The van der Waals surface area contributed by atoms with Crippen molar-refractivity contribution in [3.05, 3.63) is 51.5 Å². The zero-order valence-electron chi connectivity index (χ0n) is 9.38. The van der Waals surface area contributed by atoms with Gasteiger partial charge in [0.1, 0.15) is 5.82 Å². The molecule has 0 aliphatic carbocycles. The molecule has 0 aliphatic rings. The summed E-state index contributed by atoms with van der Waals surface area (Å²) in [6, 6.07) is 8.72. The summed E-state index contributed by atoms with van der Waals surface area (Å²) in [7, 11) is 0. The van der Waals surface area contributed by atoms with Crippen molar-refractivity contribution in [1.82, 2.24) is 0 Å². The van der Waals surface area contributed by atoms with Crippen LogP contribution in [0.4, 0.5) is 10.1 Å². The molecule has 1 aromatic heterocycles. The van der Waals surface area contributed by atoms with Gasteiger partial charge < -0.3 is 5.32 Å². The zero-order valence-corrected chi connectivity index (χ0v) is 10.2. The van der Waals surface area contributed by atoms with Gasteiger partial charge in [-0.3, -0.25) is 0 Å². The van der Waals surface area contributed by atoms with Gasteiger partial charge in [-0.25, -0.2) is 4.39 Å². The normalized spacial score (nSPS) is 10.4. The van der Waals surface area contributed by atoms with E-state index in [2.05, 4.69) is 25.2 Å². The smallest absolute Gasteiger partial charge is 0.125 e. The average molecular weight is 235 g/mol. The Labute approximate surface area is 98.9 Å². The first-order valence-corrected chi connectivity index (χ1v) is 6.02. The van der Waals surface area contributed by atoms with Crippen LogP contribution in [-0.4, -0.2) is 0 Å². The first kappa shape index (κ1) is 11.1. The Kier molecular flexibility index (Phi) is 3.25. The van der Waals surface area contributed by atoms with E-state index in [1.807, 2.05) is 6.07 Å². The highest BCUT2D eigenvalue weighted by Crippen LogP contribution is 2.21. The van der Waals surface area contributed by atoms with Crippen LogP contribution in [0.5, 0.6) is 0 Å². The van der Waals surface area contributed by atoms with Gasteiger partial charge in [-0.2, -0.15) is 0 Å². The third kappa shape index (κ3) is 2.61. The molecule has 0 saturated carbocycles. The van der Waals surface area contributed by atoms with Gasteiger partial charge in [-0.15, -0.1) is 11.3 Å². The number of anilines is 1. The van der Waals surface area contributed by atoms with Crippen LogP contribution < -0.4 is 5.32 Å². The molecule has 1 N–H and O–H groups in total. The highest BCUT2D eigenvalue weighted by molar-refractivity contribution is 7.12. The van der Waals surface area contributed by atoms with Gasteiger partial charge in [0.2, 0.25) is 0 Å². The maximum absolute atomic E-state index is 12.9. The molecule has 0 atom stereocenters. The lowest BCUT2D eigenvalue weighted by Gasteiger charge is -2.05. The SMILES string of the molecule is Cc1cc(CNc2cccc(F)c2)c(C)s1. The summed E-state index contributed by atoms with van der Waals surface area (Å²) in [6.07, 6.45) is 0. The van der Waals surface area contributed by atoms with E-state index in [-0.39, 0.29) is 5.82 Å². The van der Waals surface area contributed by atoms with Crippen LogP contribution in [0.15, 0.2) is 30.3 Å². The number of rotatable bonds is 3. The standard InChI is InChI=1S/C13H14FNS/c1-9-6-11(10(2)16-9)8-15-13-5-3-4-12(14)7-13/h3-7,15H,8H2,1-2H3. The van der Waals surface area contributed by atoms with Gasteiger partial charge in [0.15, 0.2) is 0 Å². The van der Waals surface area contributed by atoms with Crippen LogP contribution in [-0.2, 0) is 6.54 Å². The average Bonchev–Trinajstić information content (AvgIpc) is 2.54. The van der Waals surface area contributed by atoms with Crippen LogP contribution in [0.1, 0.15) is 15.3 Å². The Morgan fingerprint density at radius 1 is 1.25 bits per heavy atom. The maximum atomic E-state index is 12.9. The van der Waals surface area contributed by atoms with Crippen molar-refractivity contribution >= 4 is 17.0 Å². The lowest BCUT2D eigenvalue weighted by molar-refractivity contribution is 0.628. The van der Waals surface area contributed by atoms with Gasteiger partial charge in [-0.1, -0.05) is 6.07 Å². The summed E-state index contributed by atoms with van der Waals surface area (Å²) in [5.74, 6) is -0.205. The fraction of sp³-hybridized carbons (Fsp3) is 0.231. The maximum Gasteiger partial charge on any atom is 0.125 e. The fourth-order valence-electron chi connectivity index (χ4n) is 1.65. The second-order valence-corrected chi connectivity index (χ2v) is 5.26. The minimum absolute atomic E-state index is 0.205. The second-order valence-electron chi connectivity index (χ2n) is 3.80. The molecule has 0 aliphatic heterocycles. The molecule has 0 spiro atoms. The van der Waals surface area contributed by atoms with Crippen molar-refractivity contribution in [1.29, 1.82) is 0 Å². The minimum atomic E-state index is -0.205. The predicted molar refractivity (Wildman–Crippen MR) is 67.5 cm³/mol. The predicted octanol–water partition coefficient (Wildman–Crippen LogP) is 4.12. The van der Waals surface area contributed by atoms with Gasteiger partial charge in [0.05, 0.1) is 0 Å². The molecule has 3 heteroatoms. The van der Waals surface area contributed by atoms with Crippen molar-refractivity contribution < 1.29 is 4.39 Å².